The Morgan fingerprint density at radius 2 is 1.92 bits per heavy atom. The number of halogens is 1. The van der Waals surface area contributed by atoms with Gasteiger partial charge < -0.3 is 10.6 Å². The van der Waals surface area contributed by atoms with E-state index in [9.17, 15) is 13.2 Å². The van der Waals surface area contributed by atoms with Crippen LogP contribution in [0.3, 0.4) is 0 Å². The van der Waals surface area contributed by atoms with Gasteiger partial charge in [-0.25, -0.2) is 18.5 Å². The second kappa shape index (κ2) is 7.89. The molecule has 0 aliphatic heterocycles. The van der Waals surface area contributed by atoms with E-state index in [-0.39, 0.29) is 10.5 Å². The van der Waals surface area contributed by atoms with Gasteiger partial charge in [0, 0.05) is 22.6 Å². The molecule has 2 rings (SSSR count). The lowest BCUT2D eigenvalue weighted by Crippen LogP contribution is -2.15. The molecule has 4 N–H and O–H groups in total. The van der Waals surface area contributed by atoms with Gasteiger partial charge in [0.25, 0.3) is 5.91 Å². The van der Waals surface area contributed by atoms with Crippen LogP contribution in [0.25, 0.3) is 0 Å². The second-order valence-corrected chi connectivity index (χ2v) is 7.18. The first-order valence-corrected chi connectivity index (χ1v) is 9.06. The Morgan fingerprint density at radius 1 is 1.24 bits per heavy atom. The standard InChI is InChI=1S/C15H12BrN5O3S/c16-11-1-6-14(20-9-11)19-8-10(7-17)15(22)21-12-2-4-13(5-3-12)25(18,23)24/h1-6,8-9H,(H,19,20)(H,21,22)(H2,18,23,24)/b10-8-. The molecule has 0 spiro atoms. The highest BCUT2D eigenvalue weighted by atomic mass is 79.9. The molecule has 0 aliphatic carbocycles. The van der Waals surface area contributed by atoms with Crippen LogP contribution in [0.1, 0.15) is 0 Å². The number of hydrogen-bond acceptors (Lipinski definition) is 6. The Morgan fingerprint density at radius 3 is 2.44 bits per heavy atom. The van der Waals surface area contributed by atoms with E-state index in [1.807, 2.05) is 0 Å². The highest BCUT2D eigenvalue weighted by molar-refractivity contribution is 9.10. The molecule has 10 heteroatoms. The van der Waals surface area contributed by atoms with Crippen molar-refractivity contribution in [2.75, 3.05) is 10.6 Å². The molecule has 0 saturated heterocycles. The fraction of sp³-hybridized carbons (Fsp3) is 0. The maximum Gasteiger partial charge on any atom is 0.267 e. The first kappa shape index (κ1) is 18.6. The summed E-state index contributed by atoms with van der Waals surface area (Å²) in [7, 11) is -3.81. The Hall–Kier alpha value is -2.74. The zero-order chi connectivity index (χ0) is 18.4. The number of aromatic nitrogens is 1. The van der Waals surface area contributed by atoms with Crippen molar-refractivity contribution in [2.24, 2.45) is 5.14 Å². The van der Waals surface area contributed by atoms with Gasteiger partial charge in [-0.1, -0.05) is 0 Å². The third kappa shape index (κ3) is 5.39. The van der Waals surface area contributed by atoms with Crippen LogP contribution in [-0.2, 0) is 14.8 Å². The number of amides is 1. The number of nitrogens with one attached hydrogen (secondary N) is 2. The molecule has 2 aromatic rings. The molecule has 0 saturated carbocycles. The molecule has 1 aromatic heterocycles. The number of sulfonamides is 1. The minimum Gasteiger partial charge on any atom is -0.345 e. The molecular weight excluding hydrogens is 410 g/mol. The monoisotopic (exact) mass is 421 g/mol. The molecule has 0 unspecified atom stereocenters. The predicted octanol–water partition coefficient (Wildman–Crippen LogP) is 1.95. The molecule has 0 radical (unpaired) electrons. The quantitative estimate of drug-likeness (QED) is 0.497. The normalized spacial score (nSPS) is 11.5. The van der Waals surface area contributed by atoms with Gasteiger partial charge in [-0.3, -0.25) is 4.79 Å². The van der Waals surface area contributed by atoms with Crippen LogP contribution in [0.15, 0.2) is 63.7 Å². The average Bonchev–Trinajstić information content (AvgIpc) is 2.56. The number of rotatable bonds is 5. The van der Waals surface area contributed by atoms with E-state index >= 15 is 0 Å². The SMILES string of the molecule is N#C/C(=C/Nc1ccc(Br)cn1)C(=O)Nc1ccc(S(N)(=O)=O)cc1. The van der Waals surface area contributed by atoms with Gasteiger partial charge in [-0.2, -0.15) is 5.26 Å². The van der Waals surface area contributed by atoms with Crippen LogP contribution >= 0.6 is 15.9 Å². The summed E-state index contributed by atoms with van der Waals surface area (Å²) >= 11 is 3.25. The fourth-order valence-corrected chi connectivity index (χ4v) is 2.43. The number of nitriles is 1. The van der Waals surface area contributed by atoms with Crippen LogP contribution in [0.2, 0.25) is 0 Å². The highest BCUT2D eigenvalue weighted by Crippen LogP contribution is 2.14. The van der Waals surface area contributed by atoms with Crippen molar-refractivity contribution in [1.29, 1.82) is 5.26 Å². The lowest BCUT2D eigenvalue weighted by atomic mass is 10.2. The Bertz CT molecular complexity index is 948. The number of nitrogens with zero attached hydrogens (tertiary/aromatic N) is 2. The van der Waals surface area contributed by atoms with Crippen molar-refractivity contribution >= 4 is 43.4 Å². The molecule has 8 nitrogen and oxygen atoms in total. The maximum absolute atomic E-state index is 12.1. The molecule has 0 bridgehead atoms. The van der Waals surface area contributed by atoms with Crippen molar-refractivity contribution in [3.05, 3.63) is 58.8 Å². The number of pyridine rings is 1. The average molecular weight is 422 g/mol. The van der Waals surface area contributed by atoms with E-state index in [0.717, 1.165) is 4.47 Å². The smallest absolute Gasteiger partial charge is 0.267 e. The number of hydrogen-bond donors (Lipinski definition) is 3. The Labute approximate surface area is 152 Å². The molecular formula is C15H12BrN5O3S. The van der Waals surface area contributed by atoms with Gasteiger partial charge in [-0.05, 0) is 52.3 Å². The van der Waals surface area contributed by atoms with Crippen molar-refractivity contribution in [3.63, 3.8) is 0 Å². The molecule has 1 heterocycles. The summed E-state index contributed by atoms with van der Waals surface area (Å²) in [6.07, 6.45) is 2.79. The summed E-state index contributed by atoms with van der Waals surface area (Å²) in [4.78, 5) is 16.1. The van der Waals surface area contributed by atoms with Crippen LogP contribution in [0.4, 0.5) is 11.5 Å². The fourth-order valence-electron chi connectivity index (χ4n) is 1.68. The van der Waals surface area contributed by atoms with Crippen LogP contribution < -0.4 is 15.8 Å². The maximum atomic E-state index is 12.1. The Balaban J connectivity index is 2.08. The van der Waals surface area contributed by atoms with Gasteiger partial charge >= 0.3 is 0 Å². The minimum absolute atomic E-state index is 0.0791. The molecule has 128 valence electrons. The van der Waals surface area contributed by atoms with Crippen molar-refractivity contribution in [3.8, 4) is 6.07 Å². The third-order valence-corrected chi connectivity index (χ3v) is 4.30. The van der Waals surface area contributed by atoms with Gasteiger partial charge in [0.05, 0.1) is 4.90 Å². The topological polar surface area (TPSA) is 138 Å². The molecule has 1 aromatic carbocycles. The van der Waals surface area contributed by atoms with Gasteiger partial charge in [0.1, 0.15) is 17.5 Å². The van der Waals surface area contributed by atoms with Crippen LogP contribution in [-0.4, -0.2) is 19.3 Å². The number of benzene rings is 1. The number of nitrogens with two attached hydrogens (primary N) is 1. The summed E-state index contributed by atoms with van der Waals surface area (Å²) < 4.78 is 23.2. The summed E-state index contributed by atoms with van der Waals surface area (Å²) in [6.45, 7) is 0. The van der Waals surface area contributed by atoms with E-state index in [0.29, 0.717) is 11.5 Å². The zero-order valence-electron chi connectivity index (χ0n) is 12.6. The summed E-state index contributed by atoms with van der Waals surface area (Å²) in [5.41, 5.74) is 0.139. The second-order valence-electron chi connectivity index (χ2n) is 4.70. The van der Waals surface area contributed by atoms with Crippen molar-refractivity contribution < 1.29 is 13.2 Å². The number of carbonyl (C=O) groups is 1. The Kier molecular flexibility index (Phi) is 5.87. The largest absolute Gasteiger partial charge is 0.345 e. The minimum atomic E-state index is -3.81. The number of anilines is 2. The third-order valence-electron chi connectivity index (χ3n) is 2.90. The lowest BCUT2D eigenvalue weighted by Gasteiger charge is -2.06. The first-order valence-electron chi connectivity index (χ1n) is 6.72. The molecule has 1 amide bonds. The van der Waals surface area contributed by atoms with Crippen LogP contribution in [0.5, 0.6) is 0 Å². The molecule has 0 fully saturated rings. The molecule has 25 heavy (non-hydrogen) atoms. The van der Waals surface area contributed by atoms with E-state index in [2.05, 4.69) is 31.5 Å². The summed E-state index contributed by atoms with van der Waals surface area (Å²) in [5.74, 6) is -0.197. The van der Waals surface area contributed by atoms with E-state index in [4.69, 9.17) is 10.4 Å². The highest BCUT2D eigenvalue weighted by Gasteiger charge is 2.11. The summed E-state index contributed by atoms with van der Waals surface area (Å²) in [6, 6.07) is 10.4. The van der Waals surface area contributed by atoms with Gasteiger partial charge in [-0.15, -0.1) is 0 Å². The summed E-state index contributed by atoms with van der Waals surface area (Å²) in [5, 5.41) is 19.3. The van der Waals surface area contributed by atoms with Gasteiger partial charge in [0.15, 0.2) is 0 Å². The predicted molar refractivity (Wildman–Crippen MR) is 95.7 cm³/mol. The number of primary sulfonamides is 1. The molecule has 0 atom stereocenters. The van der Waals surface area contributed by atoms with Gasteiger partial charge in [0.2, 0.25) is 10.0 Å². The molecule has 0 aliphatic rings. The van der Waals surface area contributed by atoms with E-state index < -0.39 is 15.9 Å². The lowest BCUT2D eigenvalue weighted by molar-refractivity contribution is -0.112. The van der Waals surface area contributed by atoms with E-state index in [1.165, 1.54) is 30.5 Å². The van der Waals surface area contributed by atoms with Crippen LogP contribution in [0, 0.1) is 11.3 Å². The van der Waals surface area contributed by atoms with Crippen molar-refractivity contribution in [2.45, 2.75) is 4.90 Å². The first-order chi connectivity index (χ1) is 11.8. The van der Waals surface area contributed by atoms with E-state index in [1.54, 1.807) is 24.4 Å². The zero-order valence-corrected chi connectivity index (χ0v) is 15.0. The van der Waals surface area contributed by atoms with Crippen molar-refractivity contribution in [1.82, 2.24) is 4.98 Å². The number of carbonyl (C=O) groups excluding carboxylic acids is 1.